The molecule has 28 heavy (non-hydrogen) atoms. The van der Waals surface area contributed by atoms with Crippen molar-refractivity contribution in [1.29, 1.82) is 0 Å². The van der Waals surface area contributed by atoms with Crippen molar-refractivity contribution in [1.82, 2.24) is 4.90 Å². The van der Waals surface area contributed by atoms with Gasteiger partial charge in [-0.15, -0.1) is 0 Å². The molecule has 1 fully saturated rings. The first-order valence-corrected chi connectivity index (χ1v) is 11.2. The highest BCUT2D eigenvalue weighted by Crippen LogP contribution is 2.19. The maximum Gasteiger partial charge on any atom is 0.344 e. The van der Waals surface area contributed by atoms with Gasteiger partial charge in [0.2, 0.25) is 0 Å². The number of esters is 1. The van der Waals surface area contributed by atoms with E-state index in [1.54, 1.807) is 6.07 Å². The second-order valence-corrected chi connectivity index (χ2v) is 9.92. The third kappa shape index (κ3) is 6.51. The Morgan fingerprint density at radius 1 is 1.18 bits per heavy atom. The van der Waals surface area contributed by atoms with Gasteiger partial charge in [0.15, 0.2) is 23.1 Å². The Morgan fingerprint density at radius 2 is 1.89 bits per heavy atom. The number of nitrogens with zero attached hydrogens (tertiary/aromatic N) is 1. The summed E-state index contributed by atoms with van der Waals surface area (Å²) in [5, 5.41) is 0. The summed E-state index contributed by atoms with van der Waals surface area (Å²) in [5.41, 5.74) is 2.18. The van der Waals surface area contributed by atoms with Crippen LogP contribution in [0.1, 0.15) is 31.4 Å². The van der Waals surface area contributed by atoms with Crippen molar-refractivity contribution >= 4 is 21.7 Å². The molecule has 1 aliphatic rings. The Bertz CT molecular complexity index is 818. The van der Waals surface area contributed by atoms with Crippen molar-refractivity contribution in [3.63, 3.8) is 0 Å². The number of rotatable bonds is 8. The van der Waals surface area contributed by atoms with E-state index in [0.717, 1.165) is 11.1 Å². The molecule has 7 nitrogen and oxygen atoms in total. The van der Waals surface area contributed by atoms with Crippen LogP contribution in [0.3, 0.4) is 0 Å². The van der Waals surface area contributed by atoms with Crippen molar-refractivity contribution in [3.8, 4) is 5.75 Å². The molecule has 1 atom stereocenters. The van der Waals surface area contributed by atoms with E-state index in [9.17, 15) is 18.0 Å². The largest absolute Gasteiger partial charge is 0.482 e. The monoisotopic (exact) mass is 411 g/mol. The maximum absolute atomic E-state index is 12.6. The first-order valence-electron chi connectivity index (χ1n) is 9.43. The van der Waals surface area contributed by atoms with Gasteiger partial charge in [0.05, 0.1) is 11.5 Å². The minimum atomic E-state index is -3.11. The molecule has 0 N–H and O–H groups in total. The van der Waals surface area contributed by atoms with Gasteiger partial charge in [-0.25, -0.2) is 13.2 Å². The normalized spacial score (nSPS) is 18.1. The van der Waals surface area contributed by atoms with Gasteiger partial charge in [0.1, 0.15) is 5.75 Å². The smallest absolute Gasteiger partial charge is 0.344 e. The SMILES string of the molecule is Cc1ccc(OCC(=O)OCC(=O)N(CC(C)C)C2CCS(=O)(=O)C2)cc1C. The summed E-state index contributed by atoms with van der Waals surface area (Å²) in [7, 11) is -3.11. The molecule has 1 heterocycles. The number of aryl methyl sites for hydroxylation is 2. The van der Waals surface area contributed by atoms with Crippen LogP contribution in [-0.2, 0) is 24.2 Å². The second-order valence-electron chi connectivity index (χ2n) is 7.69. The zero-order chi connectivity index (χ0) is 20.9. The molecule has 0 aliphatic carbocycles. The molecule has 1 aromatic carbocycles. The molecule has 8 heteroatoms. The van der Waals surface area contributed by atoms with Crippen molar-refractivity contribution < 1.29 is 27.5 Å². The van der Waals surface area contributed by atoms with E-state index in [0.29, 0.717) is 18.7 Å². The van der Waals surface area contributed by atoms with Crippen LogP contribution >= 0.6 is 0 Å². The van der Waals surface area contributed by atoms with E-state index in [4.69, 9.17) is 9.47 Å². The quantitative estimate of drug-likeness (QED) is 0.607. The van der Waals surface area contributed by atoms with Crippen LogP contribution in [0.25, 0.3) is 0 Å². The van der Waals surface area contributed by atoms with Gasteiger partial charge in [-0.3, -0.25) is 4.79 Å². The fourth-order valence-corrected chi connectivity index (χ4v) is 4.81. The number of hydrogen-bond acceptors (Lipinski definition) is 6. The van der Waals surface area contributed by atoms with Crippen LogP contribution in [0.15, 0.2) is 18.2 Å². The lowest BCUT2D eigenvalue weighted by molar-refractivity contribution is -0.154. The van der Waals surface area contributed by atoms with Crippen molar-refractivity contribution in [2.75, 3.05) is 31.3 Å². The maximum atomic E-state index is 12.6. The molecular formula is C20H29NO6S. The minimum Gasteiger partial charge on any atom is -0.482 e. The zero-order valence-corrected chi connectivity index (χ0v) is 17.8. The molecule has 156 valence electrons. The average molecular weight is 412 g/mol. The molecule has 2 rings (SSSR count). The second kappa shape index (κ2) is 9.41. The van der Waals surface area contributed by atoms with E-state index < -0.39 is 22.4 Å². The summed E-state index contributed by atoms with van der Waals surface area (Å²) in [5.74, 6) is -0.233. The number of benzene rings is 1. The Balaban J connectivity index is 1.86. The van der Waals surface area contributed by atoms with Gasteiger partial charge in [0, 0.05) is 12.6 Å². The number of sulfone groups is 1. The lowest BCUT2D eigenvalue weighted by Crippen LogP contribution is -2.45. The molecule has 0 spiro atoms. The third-order valence-electron chi connectivity index (χ3n) is 4.72. The minimum absolute atomic E-state index is 0.0324. The predicted molar refractivity (Wildman–Crippen MR) is 106 cm³/mol. The Kier molecular flexibility index (Phi) is 7.46. The number of amides is 1. The topological polar surface area (TPSA) is 90.0 Å². The number of carbonyl (C=O) groups excluding carboxylic acids is 2. The third-order valence-corrected chi connectivity index (χ3v) is 6.47. The molecule has 0 aromatic heterocycles. The molecule has 1 aromatic rings. The number of ether oxygens (including phenoxy) is 2. The van der Waals surface area contributed by atoms with Crippen molar-refractivity contribution in [2.45, 2.75) is 40.2 Å². The standard InChI is InChI=1S/C20H29NO6S/c1-14(2)10-21(17-7-8-28(24,25)13-17)19(22)11-27-20(23)12-26-18-6-5-15(3)16(4)9-18/h5-6,9,14,17H,7-8,10-13H2,1-4H3. The summed E-state index contributed by atoms with van der Waals surface area (Å²) in [4.78, 5) is 26.0. The number of carbonyl (C=O) groups is 2. The molecule has 1 saturated heterocycles. The van der Waals surface area contributed by atoms with Crippen molar-refractivity contribution in [2.24, 2.45) is 5.92 Å². The fraction of sp³-hybridized carbons (Fsp3) is 0.600. The highest BCUT2D eigenvalue weighted by Gasteiger charge is 2.35. The van der Waals surface area contributed by atoms with E-state index in [1.807, 2.05) is 39.8 Å². The van der Waals surface area contributed by atoms with Crippen LogP contribution in [0.5, 0.6) is 5.75 Å². The van der Waals surface area contributed by atoms with E-state index >= 15 is 0 Å². The van der Waals surface area contributed by atoms with E-state index in [1.165, 1.54) is 4.90 Å². The van der Waals surface area contributed by atoms with Gasteiger partial charge in [-0.05, 0) is 49.4 Å². The van der Waals surface area contributed by atoms with E-state index in [-0.39, 0.29) is 36.0 Å². The summed E-state index contributed by atoms with van der Waals surface area (Å²) >= 11 is 0. The molecule has 0 radical (unpaired) electrons. The van der Waals surface area contributed by atoms with Crippen LogP contribution < -0.4 is 4.74 Å². The van der Waals surface area contributed by atoms with Crippen LogP contribution in [-0.4, -0.2) is 62.5 Å². The Morgan fingerprint density at radius 3 is 2.46 bits per heavy atom. The fourth-order valence-electron chi connectivity index (χ4n) is 3.08. The predicted octanol–water partition coefficient (Wildman–Crippen LogP) is 1.90. The van der Waals surface area contributed by atoms with Gasteiger partial charge < -0.3 is 14.4 Å². The molecular weight excluding hydrogens is 382 g/mol. The summed E-state index contributed by atoms with van der Waals surface area (Å²) in [6, 6.07) is 5.15. The molecule has 1 aliphatic heterocycles. The first kappa shape index (κ1) is 22.2. The van der Waals surface area contributed by atoms with Gasteiger partial charge in [-0.1, -0.05) is 19.9 Å². The number of hydrogen-bond donors (Lipinski definition) is 0. The summed E-state index contributed by atoms with van der Waals surface area (Å²) in [6.07, 6.45) is 0.421. The van der Waals surface area contributed by atoms with Crippen LogP contribution in [0.2, 0.25) is 0 Å². The highest BCUT2D eigenvalue weighted by atomic mass is 32.2. The molecule has 0 bridgehead atoms. The van der Waals surface area contributed by atoms with Gasteiger partial charge in [-0.2, -0.15) is 0 Å². The Hall–Kier alpha value is -2.09. The lowest BCUT2D eigenvalue weighted by atomic mass is 10.1. The van der Waals surface area contributed by atoms with Crippen LogP contribution in [0.4, 0.5) is 0 Å². The van der Waals surface area contributed by atoms with Crippen molar-refractivity contribution in [3.05, 3.63) is 29.3 Å². The first-order chi connectivity index (χ1) is 13.1. The molecule has 1 unspecified atom stereocenters. The van der Waals surface area contributed by atoms with Gasteiger partial charge in [0.25, 0.3) is 5.91 Å². The summed E-state index contributed by atoms with van der Waals surface area (Å²) in [6.45, 7) is 7.55. The molecule has 0 saturated carbocycles. The summed E-state index contributed by atoms with van der Waals surface area (Å²) < 4.78 is 33.9. The lowest BCUT2D eigenvalue weighted by Gasteiger charge is -2.29. The van der Waals surface area contributed by atoms with Gasteiger partial charge >= 0.3 is 5.97 Å². The van der Waals surface area contributed by atoms with E-state index in [2.05, 4.69) is 0 Å². The van der Waals surface area contributed by atoms with Crippen LogP contribution in [0, 0.1) is 19.8 Å². The highest BCUT2D eigenvalue weighted by molar-refractivity contribution is 7.91. The zero-order valence-electron chi connectivity index (χ0n) is 16.9. The average Bonchev–Trinajstić information content (AvgIpc) is 2.98. The molecule has 1 amide bonds. The Labute approximate surface area is 166 Å².